The first-order valence-corrected chi connectivity index (χ1v) is 4.81. The van der Waals surface area contributed by atoms with Gasteiger partial charge in [-0.2, -0.15) is 0 Å². The van der Waals surface area contributed by atoms with Crippen molar-refractivity contribution in [3.63, 3.8) is 0 Å². The minimum atomic E-state index is -0.891. The van der Waals surface area contributed by atoms with Crippen LogP contribution in [0.2, 0.25) is 0 Å². The molecule has 0 saturated heterocycles. The number of hydrogen-bond donors (Lipinski definition) is 2. The van der Waals surface area contributed by atoms with E-state index in [-0.39, 0.29) is 12.5 Å². The molecule has 0 bridgehead atoms. The largest absolute Gasteiger partial charge is 0.389 e. The van der Waals surface area contributed by atoms with Gasteiger partial charge < -0.3 is 15.2 Å². The van der Waals surface area contributed by atoms with Crippen molar-refractivity contribution < 1.29 is 14.6 Å². The van der Waals surface area contributed by atoms with E-state index in [2.05, 4.69) is 5.32 Å². The molecule has 0 aromatic rings. The van der Waals surface area contributed by atoms with E-state index in [1.54, 1.807) is 20.8 Å². The normalized spacial score (nSPS) is 16.1. The third-order valence-electron chi connectivity index (χ3n) is 2.29. The summed E-state index contributed by atoms with van der Waals surface area (Å²) < 4.78 is 5.12. The summed E-state index contributed by atoms with van der Waals surface area (Å²) in [6.45, 7) is 7.12. The lowest BCUT2D eigenvalue weighted by Crippen LogP contribution is -2.49. The van der Waals surface area contributed by atoms with Gasteiger partial charge in [0.15, 0.2) is 0 Å². The van der Waals surface area contributed by atoms with Gasteiger partial charge in [0.1, 0.15) is 5.60 Å². The van der Waals surface area contributed by atoms with Crippen molar-refractivity contribution in [1.29, 1.82) is 0 Å². The highest BCUT2D eigenvalue weighted by atomic mass is 16.5. The molecule has 1 atom stereocenters. The quantitative estimate of drug-likeness (QED) is 0.691. The predicted octanol–water partition coefficient (Wildman–Crippen LogP) is 0.689. The molecule has 0 aromatic carbocycles. The number of nitrogens with one attached hydrogen (secondary N) is 1. The van der Waals surface area contributed by atoms with Crippen molar-refractivity contribution in [2.24, 2.45) is 0 Å². The molecule has 1 amide bonds. The van der Waals surface area contributed by atoms with Crippen LogP contribution in [0.5, 0.6) is 0 Å². The smallest absolute Gasteiger partial charge is 0.252 e. The topological polar surface area (TPSA) is 58.6 Å². The van der Waals surface area contributed by atoms with Crippen LogP contribution in [0, 0.1) is 0 Å². The first-order valence-electron chi connectivity index (χ1n) is 4.81. The summed E-state index contributed by atoms with van der Waals surface area (Å²) in [6.07, 6.45) is 0.598. The first-order chi connectivity index (χ1) is 6.25. The molecule has 0 spiro atoms. The minimum Gasteiger partial charge on any atom is -0.389 e. The summed E-state index contributed by atoms with van der Waals surface area (Å²) in [6, 6.07) is 0. The lowest BCUT2D eigenvalue weighted by atomic mass is 10.0. The van der Waals surface area contributed by atoms with Crippen molar-refractivity contribution in [2.45, 2.75) is 45.3 Å². The van der Waals surface area contributed by atoms with Gasteiger partial charge in [-0.1, -0.05) is 6.92 Å². The van der Waals surface area contributed by atoms with Gasteiger partial charge in [-0.3, -0.25) is 4.79 Å². The molecule has 1 unspecified atom stereocenters. The fraction of sp³-hybridized carbons (Fsp3) is 0.900. The average Bonchev–Trinajstić information content (AvgIpc) is 2.11. The summed E-state index contributed by atoms with van der Waals surface area (Å²) in [4.78, 5) is 11.6. The third kappa shape index (κ3) is 4.07. The molecule has 0 aliphatic rings. The van der Waals surface area contributed by atoms with E-state index in [1.165, 1.54) is 7.11 Å². The van der Waals surface area contributed by atoms with Gasteiger partial charge in [0.05, 0.1) is 5.60 Å². The van der Waals surface area contributed by atoms with Gasteiger partial charge in [0.25, 0.3) is 5.91 Å². The van der Waals surface area contributed by atoms with Crippen LogP contribution in [0.3, 0.4) is 0 Å². The van der Waals surface area contributed by atoms with Crippen molar-refractivity contribution in [3.8, 4) is 0 Å². The van der Waals surface area contributed by atoms with E-state index in [4.69, 9.17) is 4.74 Å². The Hall–Kier alpha value is -0.610. The average molecular weight is 203 g/mol. The molecule has 84 valence electrons. The molecular formula is C10H21NO3. The van der Waals surface area contributed by atoms with Crippen LogP contribution in [0.1, 0.15) is 34.1 Å². The molecule has 4 heteroatoms. The van der Waals surface area contributed by atoms with Crippen LogP contribution in [0.25, 0.3) is 0 Å². The van der Waals surface area contributed by atoms with E-state index in [0.717, 1.165) is 0 Å². The van der Waals surface area contributed by atoms with E-state index in [0.29, 0.717) is 6.42 Å². The molecule has 0 aliphatic carbocycles. The zero-order chi connectivity index (χ0) is 11.4. The summed E-state index contributed by atoms with van der Waals surface area (Å²) in [5.41, 5.74) is -1.69. The summed E-state index contributed by atoms with van der Waals surface area (Å²) in [5.74, 6) is -0.190. The van der Waals surface area contributed by atoms with Gasteiger partial charge >= 0.3 is 0 Å². The monoisotopic (exact) mass is 203 g/mol. The predicted molar refractivity (Wildman–Crippen MR) is 55.0 cm³/mol. The molecule has 0 aromatic heterocycles. The number of rotatable bonds is 5. The Labute approximate surface area is 85.6 Å². The minimum absolute atomic E-state index is 0.190. The molecule has 14 heavy (non-hydrogen) atoms. The Kier molecular flexibility index (Phi) is 4.55. The van der Waals surface area contributed by atoms with Crippen molar-refractivity contribution in [2.75, 3.05) is 13.7 Å². The highest BCUT2D eigenvalue weighted by Crippen LogP contribution is 2.14. The number of carbonyl (C=O) groups excluding carboxylic acids is 1. The molecule has 0 saturated carbocycles. The van der Waals surface area contributed by atoms with Crippen LogP contribution < -0.4 is 5.32 Å². The highest BCUT2D eigenvalue weighted by molar-refractivity contribution is 5.84. The lowest BCUT2D eigenvalue weighted by Gasteiger charge is -2.27. The fourth-order valence-electron chi connectivity index (χ4n) is 0.881. The molecule has 0 heterocycles. The Morgan fingerprint density at radius 3 is 2.21 bits per heavy atom. The SMILES string of the molecule is CCC(C)(OC)C(=O)NCC(C)(C)O. The van der Waals surface area contributed by atoms with E-state index in [1.807, 2.05) is 6.92 Å². The van der Waals surface area contributed by atoms with Crippen molar-refractivity contribution in [1.82, 2.24) is 5.32 Å². The summed E-state index contributed by atoms with van der Waals surface area (Å²) in [7, 11) is 1.51. The van der Waals surface area contributed by atoms with Crippen LogP contribution in [-0.2, 0) is 9.53 Å². The summed E-state index contributed by atoms with van der Waals surface area (Å²) >= 11 is 0. The first kappa shape index (κ1) is 13.4. The van der Waals surface area contributed by atoms with E-state index in [9.17, 15) is 9.90 Å². The molecule has 0 fully saturated rings. The summed E-state index contributed by atoms with van der Waals surface area (Å²) in [5, 5.41) is 12.1. The molecule has 2 N–H and O–H groups in total. The highest BCUT2D eigenvalue weighted by Gasteiger charge is 2.31. The van der Waals surface area contributed by atoms with Gasteiger partial charge in [0.2, 0.25) is 0 Å². The number of carbonyl (C=O) groups is 1. The van der Waals surface area contributed by atoms with Crippen LogP contribution >= 0.6 is 0 Å². The second-order valence-corrected chi connectivity index (χ2v) is 4.28. The fourth-order valence-corrected chi connectivity index (χ4v) is 0.881. The molecule has 0 aliphatic heterocycles. The zero-order valence-corrected chi connectivity index (χ0v) is 9.68. The van der Waals surface area contributed by atoms with Crippen molar-refractivity contribution >= 4 is 5.91 Å². The Bertz CT molecular complexity index is 192. The maximum Gasteiger partial charge on any atom is 0.252 e. The number of amides is 1. The van der Waals surface area contributed by atoms with E-state index >= 15 is 0 Å². The number of methoxy groups -OCH3 is 1. The standard InChI is InChI=1S/C10H21NO3/c1-6-10(4,14-5)8(12)11-7-9(2,3)13/h13H,6-7H2,1-5H3,(H,11,12). The van der Waals surface area contributed by atoms with E-state index < -0.39 is 11.2 Å². The zero-order valence-electron chi connectivity index (χ0n) is 9.68. The van der Waals surface area contributed by atoms with Crippen LogP contribution in [0.15, 0.2) is 0 Å². The Morgan fingerprint density at radius 2 is 1.93 bits per heavy atom. The number of aliphatic hydroxyl groups is 1. The molecule has 4 nitrogen and oxygen atoms in total. The number of hydrogen-bond acceptors (Lipinski definition) is 3. The number of ether oxygens (including phenoxy) is 1. The maximum atomic E-state index is 11.6. The van der Waals surface area contributed by atoms with Gasteiger partial charge in [0, 0.05) is 13.7 Å². The molecular weight excluding hydrogens is 182 g/mol. The van der Waals surface area contributed by atoms with Crippen molar-refractivity contribution in [3.05, 3.63) is 0 Å². The lowest BCUT2D eigenvalue weighted by molar-refractivity contribution is -0.142. The Balaban J connectivity index is 4.20. The maximum absolute atomic E-state index is 11.6. The van der Waals surface area contributed by atoms with Crippen LogP contribution in [-0.4, -0.2) is 35.9 Å². The van der Waals surface area contributed by atoms with Gasteiger partial charge in [-0.15, -0.1) is 0 Å². The second kappa shape index (κ2) is 4.75. The third-order valence-corrected chi connectivity index (χ3v) is 2.29. The van der Waals surface area contributed by atoms with Crippen LogP contribution in [0.4, 0.5) is 0 Å². The second-order valence-electron chi connectivity index (χ2n) is 4.28. The molecule has 0 rings (SSSR count). The Morgan fingerprint density at radius 1 is 1.43 bits per heavy atom. The molecule has 0 radical (unpaired) electrons. The van der Waals surface area contributed by atoms with Gasteiger partial charge in [-0.25, -0.2) is 0 Å². The van der Waals surface area contributed by atoms with Gasteiger partial charge in [-0.05, 0) is 27.2 Å².